The highest BCUT2D eigenvalue weighted by Gasteiger charge is 2.17. The fourth-order valence-electron chi connectivity index (χ4n) is 2.20. The maximum Gasteiger partial charge on any atom is 0.138 e. The summed E-state index contributed by atoms with van der Waals surface area (Å²) in [5, 5.41) is 3.44. The molecule has 1 aliphatic rings. The first-order valence-corrected chi connectivity index (χ1v) is 6.90. The van der Waals surface area contributed by atoms with E-state index in [0.717, 1.165) is 23.0 Å². The third-order valence-corrected chi connectivity index (χ3v) is 3.73. The van der Waals surface area contributed by atoms with Crippen LogP contribution in [0.15, 0.2) is 36.7 Å². The SMILES string of the molecule is CN(c1ccc(N)cc1)c1cc(NC2CCC2)ncn1. The molecule has 5 nitrogen and oxygen atoms in total. The summed E-state index contributed by atoms with van der Waals surface area (Å²) >= 11 is 0. The number of nitrogens with zero attached hydrogens (tertiary/aromatic N) is 3. The van der Waals surface area contributed by atoms with E-state index in [9.17, 15) is 0 Å². The van der Waals surface area contributed by atoms with Crippen molar-refractivity contribution in [2.45, 2.75) is 25.3 Å². The number of anilines is 4. The van der Waals surface area contributed by atoms with Gasteiger partial charge in [0.2, 0.25) is 0 Å². The second kappa shape index (κ2) is 5.36. The summed E-state index contributed by atoms with van der Waals surface area (Å²) in [6.45, 7) is 0. The van der Waals surface area contributed by atoms with Gasteiger partial charge in [0.05, 0.1) is 0 Å². The molecule has 104 valence electrons. The number of aromatic nitrogens is 2. The van der Waals surface area contributed by atoms with E-state index in [1.165, 1.54) is 19.3 Å². The number of nitrogens with two attached hydrogens (primary N) is 1. The van der Waals surface area contributed by atoms with Crippen molar-refractivity contribution in [1.82, 2.24) is 9.97 Å². The van der Waals surface area contributed by atoms with Crippen LogP contribution in [0.2, 0.25) is 0 Å². The summed E-state index contributed by atoms with van der Waals surface area (Å²) in [5.41, 5.74) is 7.52. The van der Waals surface area contributed by atoms with Crippen LogP contribution < -0.4 is 16.0 Å². The van der Waals surface area contributed by atoms with Crippen LogP contribution >= 0.6 is 0 Å². The lowest BCUT2D eigenvalue weighted by atomic mass is 9.93. The van der Waals surface area contributed by atoms with E-state index in [1.54, 1.807) is 6.33 Å². The second-order valence-corrected chi connectivity index (χ2v) is 5.18. The van der Waals surface area contributed by atoms with Crippen molar-refractivity contribution in [2.75, 3.05) is 23.0 Å². The van der Waals surface area contributed by atoms with Crippen LogP contribution in [0.3, 0.4) is 0 Å². The molecule has 1 heterocycles. The molecule has 3 rings (SSSR count). The van der Waals surface area contributed by atoms with E-state index in [-0.39, 0.29) is 0 Å². The van der Waals surface area contributed by atoms with Crippen LogP contribution in [0.4, 0.5) is 23.0 Å². The van der Waals surface area contributed by atoms with Crippen LogP contribution in [0.25, 0.3) is 0 Å². The zero-order chi connectivity index (χ0) is 13.9. The zero-order valence-electron chi connectivity index (χ0n) is 11.6. The highest BCUT2D eigenvalue weighted by Crippen LogP contribution is 2.26. The second-order valence-electron chi connectivity index (χ2n) is 5.18. The van der Waals surface area contributed by atoms with Crippen molar-refractivity contribution in [3.8, 4) is 0 Å². The van der Waals surface area contributed by atoms with Crippen molar-refractivity contribution in [3.63, 3.8) is 0 Å². The molecule has 0 radical (unpaired) electrons. The van der Waals surface area contributed by atoms with Gasteiger partial charge in [0.25, 0.3) is 0 Å². The van der Waals surface area contributed by atoms with Gasteiger partial charge < -0.3 is 16.0 Å². The van der Waals surface area contributed by atoms with Crippen molar-refractivity contribution in [3.05, 3.63) is 36.7 Å². The van der Waals surface area contributed by atoms with Crippen LogP contribution in [0.1, 0.15) is 19.3 Å². The molecule has 3 N–H and O–H groups in total. The molecule has 5 heteroatoms. The first-order valence-electron chi connectivity index (χ1n) is 6.90. The maximum atomic E-state index is 5.71. The highest BCUT2D eigenvalue weighted by atomic mass is 15.2. The Kier molecular flexibility index (Phi) is 3.41. The molecule has 20 heavy (non-hydrogen) atoms. The average Bonchev–Trinajstić information content (AvgIpc) is 2.43. The van der Waals surface area contributed by atoms with Gasteiger partial charge in [-0.25, -0.2) is 9.97 Å². The molecular weight excluding hydrogens is 250 g/mol. The van der Waals surface area contributed by atoms with E-state index >= 15 is 0 Å². The molecule has 0 spiro atoms. The lowest BCUT2D eigenvalue weighted by Gasteiger charge is -2.27. The summed E-state index contributed by atoms with van der Waals surface area (Å²) in [6.07, 6.45) is 5.37. The molecule has 0 unspecified atom stereocenters. The van der Waals surface area contributed by atoms with Crippen LogP contribution in [0, 0.1) is 0 Å². The van der Waals surface area contributed by atoms with Crippen molar-refractivity contribution in [1.29, 1.82) is 0 Å². The van der Waals surface area contributed by atoms with E-state index in [4.69, 9.17) is 5.73 Å². The third kappa shape index (κ3) is 2.66. The van der Waals surface area contributed by atoms with Gasteiger partial charge in [-0.15, -0.1) is 0 Å². The molecule has 1 aliphatic carbocycles. The van der Waals surface area contributed by atoms with Gasteiger partial charge in [-0.2, -0.15) is 0 Å². The minimum Gasteiger partial charge on any atom is -0.399 e. The number of benzene rings is 1. The number of hydrogen-bond donors (Lipinski definition) is 2. The fourth-order valence-corrected chi connectivity index (χ4v) is 2.20. The van der Waals surface area contributed by atoms with Crippen LogP contribution in [0.5, 0.6) is 0 Å². The number of nitrogens with one attached hydrogen (secondary N) is 1. The van der Waals surface area contributed by atoms with Gasteiger partial charge in [0.15, 0.2) is 0 Å². The van der Waals surface area contributed by atoms with Gasteiger partial charge in [0, 0.05) is 30.5 Å². The molecule has 1 fully saturated rings. The molecule has 0 amide bonds. The molecule has 0 bridgehead atoms. The van der Waals surface area contributed by atoms with E-state index in [2.05, 4.69) is 15.3 Å². The standard InChI is InChI=1S/C15H19N5/c1-20(13-7-5-11(16)6-8-13)15-9-14(17-10-18-15)19-12-3-2-4-12/h5-10,12H,2-4,16H2,1H3,(H,17,18,19). The summed E-state index contributed by atoms with van der Waals surface area (Å²) in [7, 11) is 1.99. The Hall–Kier alpha value is -2.30. The van der Waals surface area contributed by atoms with Gasteiger partial charge in [-0.05, 0) is 43.5 Å². The highest BCUT2D eigenvalue weighted by molar-refractivity contribution is 5.63. The number of rotatable bonds is 4. The largest absolute Gasteiger partial charge is 0.399 e. The Morgan fingerprint density at radius 2 is 1.95 bits per heavy atom. The smallest absolute Gasteiger partial charge is 0.138 e. The molecule has 2 aromatic rings. The van der Waals surface area contributed by atoms with Gasteiger partial charge in [-0.3, -0.25) is 0 Å². The van der Waals surface area contributed by atoms with Crippen molar-refractivity contribution >= 4 is 23.0 Å². The quantitative estimate of drug-likeness (QED) is 0.835. The van der Waals surface area contributed by atoms with Crippen molar-refractivity contribution in [2.24, 2.45) is 0 Å². The first-order chi connectivity index (χ1) is 9.72. The molecule has 1 aromatic heterocycles. The Morgan fingerprint density at radius 3 is 2.60 bits per heavy atom. The summed E-state index contributed by atoms with van der Waals surface area (Å²) < 4.78 is 0. The van der Waals surface area contributed by atoms with E-state index < -0.39 is 0 Å². The topological polar surface area (TPSA) is 67.1 Å². The van der Waals surface area contributed by atoms with Gasteiger partial charge in [0.1, 0.15) is 18.0 Å². The molecule has 0 saturated heterocycles. The fraction of sp³-hybridized carbons (Fsp3) is 0.333. The average molecular weight is 269 g/mol. The van der Waals surface area contributed by atoms with Crippen LogP contribution in [-0.2, 0) is 0 Å². The number of hydrogen-bond acceptors (Lipinski definition) is 5. The summed E-state index contributed by atoms with van der Waals surface area (Å²) in [6, 6.07) is 10.3. The predicted octanol–water partition coefficient (Wildman–Crippen LogP) is 2.79. The molecule has 1 saturated carbocycles. The van der Waals surface area contributed by atoms with Crippen molar-refractivity contribution < 1.29 is 0 Å². The van der Waals surface area contributed by atoms with E-state index in [1.807, 2.05) is 42.3 Å². The summed E-state index contributed by atoms with van der Waals surface area (Å²) in [4.78, 5) is 10.6. The molecule has 1 aromatic carbocycles. The number of nitrogen functional groups attached to an aromatic ring is 1. The molecular formula is C15H19N5. The predicted molar refractivity (Wildman–Crippen MR) is 82.2 cm³/mol. The first kappa shape index (κ1) is 12.7. The van der Waals surface area contributed by atoms with E-state index in [0.29, 0.717) is 6.04 Å². The molecule has 0 aliphatic heterocycles. The maximum absolute atomic E-state index is 5.71. The Bertz CT molecular complexity index is 577. The minimum absolute atomic E-state index is 0.569. The van der Waals surface area contributed by atoms with Gasteiger partial charge >= 0.3 is 0 Å². The van der Waals surface area contributed by atoms with Gasteiger partial charge in [-0.1, -0.05) is 0 Å². The third-order valence-electron chi connectivity index (χ3n) is 3.73. The zero-order valence-corrected chi connectivity index (χ0v) is 11.6. The monoisotopic (exact) mass is 269 g/mol. The minimum atomic E-state index is 0.569. The molecule has 0 atom stereocenters. The Balaban J connectivity index is 1.78. The normalized spacial score (nSPS) is 14.7. The Morgan fingerprint density at radius 1 is 1.20 bits per heavy atom. The lowest BCUT2D eigenvalue weighted by Crippen LogP contribution is -2.27. The summed E-state index contributed by atoms with van der Waals surface area (Å²) in [5.74, 6) is 1.76. The Labute approximate surface area is 118 Å². The van der Waals surface area contributed by atoms with Crippen LogP contribution in [-0.4, -0.2) is 23.1 Å². The lowest BCUT2D eigenvalue weighted by molar-refractivity contribution is 0.444.